The standard InChI is InChI=1S/C21H16N6/c22-13-16-12-19(17-8-4-5-9-18(17)23-16)26-10-11-27-20(14-26)24-25-21(27)15-6-2-1-3-7-15/h1-9,12H,10-11,14H2. The molecule has 0 aliphatic carbocycles. The first kappa shape index (κ1) is 15.5. The van der Waals surface area contributed by atoms with Crippen LogP contribution in [0.15, 0.2) is 60.7 Å². The molecule has 0 bridgehead atoms. The minimum Gasteiger partial charge on any atom is -0.362 e. The molecule has 0 amide bonds. The zero-order valence-electron chi connectivity index (χ0n) is 14.6. The number of anilines is 1. The van der Waals surface area contributed by atoms with E-state index < -0.39 is 0 Å². The van der Waals surface area contributed by atoms with Crippen LogP contribution >= 0.6 is 0 Å². The van der Waals surface area contributed by atoms with Crippen molar-refractivity contribution in [1.29, 1.82) is 5.26 Å². The Morgan fingerprint density at radius 2 is 1.74 bits per heavy atom. The number of pyridine rings is 1. The van der Waals surface area contributed by atoms with Gasteiger partial charge in [-0.3, -0.25) is 0 Å². The number of rotatable bonds is 2. The largest absolute Gasteiger partial charge is 0.362 e. The maximum atomic E-state index is 9.35. The lowest BCUT2D eigenvalue weighted by Crippen LogP contribution is -2.34. The summed E-state index contributed by atoms with van der Waals surface area (Å²) in [4.78, 5) is 6.67. The molecule has 6 nitrogen and oxygen atoms in total. The van der Waals surface area contributed by atoms with Crippen molar-refractivity contribution in [3.05, 3.63) is 72.2 Å². The average Bonchev–Trinajstić information content (AvgIpc) is 3.16. The fourth-order valence-corrected chi connectivity index (χ4v) is 3.64. The average molecular weight is 352 g/mol. The molecule has 5 rings (SSSR count). The molecule has 2 aromatic heterocycles. The topological polar surface area (TPSA) is 70.6 Å². The normalized spacial score (nSPS) is 13.4. The van der Waals surface area contributed by atoms with Gasteiger partial charge in [0.05, 0.1) is 12.1 Å². The van der Waals surface area contributed by atoms with Crippen molar-refractivity contribution in [2.45, 2.75) is 13.1 Å². The van der Waals surface area contributed by atoms with Crippen LogP contribution in [0, 0.1) is 11.3 Å². The Morgan fingerprint density at radius 1 is 0.926 bits per heavy atom. The van der Waals surface area contributed by atoms with Gasteiger partial charge in [0.2, 0.25) is 0 Å². The Labute approximate surface area is 156 Å². The van der Waals surface area contributed by atoms with Gasteiger partial charge in [-0.05, 0) is 12.1 Å². The Morgan fingerprint density at radius 3 is 2.59 bits per heavy atom. The molecule has 3 heterocycles. The van der Waals surface area contributed by atoms with E-state index in [1.165, 1.54) is 0 Å². The van der Waals surface area contributed by atoms with E-state index in [1.807, 2.05) is 48.5 Å². The van der Waals surface area contributed by atoms with Crippen LogP contribution in [0.3, 0.4) is 0 Å². The van der Waals surface area contributed by atoms with Gasteiger partial charge >= 0.3 is 0 Å². The van der Waals surface area contributed by atoms with Crippen LogP contribution in [-0.2, 0) is 13.1 Å². The second kappa shape index (κ2) is 6.22. The van der Waals surface area contributed by atoms with Crippen LogP contribution in [0.2, 0.25) is 0 Å². The lowest BCUT2D eigenvalue weighted by Gasteiger charge is -2.30. The first-order chi connectivity index (χ1) is 13.3. The number of hydrogen-bond acceptors (Lipinski definition) is 5. The predicted octanol–water partition coefficient (Wildman–Crippen LogP) is 3.39. The van der Waals surface area contributed by atoms with E-state index in [4.69, 9.17) is 0 Å². The van der Waals surface area contributed by atoms with Gasteiger partial charge in [0.25, 0.3) is 0 Å². The maximum Gasteiger partial charge on any atom is 0.164 e. The van der Waals surface area contributed by atoms with Crippen molar-refractivity contribution >= 4 is 16.6 Å². The molecule has 0 saturated heterocycles. The van der Waals surface area contributed by atoms with Crippen molar-refractivity contribution < 1.29 is 0 Å². The smallest absolute Gasteiger partial charge is 0.164 e. The summed E-state index contributed by atoms with van der Waals surface area (Å²) >= 11 is 0. The molecule has 6 heteroatoms. The molecule has 1 aliphatic rings. The molecule has 2 aromatic carbocycles. The summed E-state index contributed by atoms with van der Waals surface area (Å²) in [5, 5.41) is 19.2. The summed E-state index contributed by atoms with van der Waals surface area (Å²) < 4.78 is 2.18. The van der Waals surface area contributed by atoms with Gasteiger partial charge in [-0.1, -0.05) is 48.5 Å². The minimum absolute atomic E-state index is 0.431. The lowest BCUT2D eigenvalue weighted by atomic mass is 10.1. The van der Waals surface area contributed by atoms with Crippen molar-refractivity contribution in [2.24, 2.45) is 0 Å². The molecule has 1 aliphatic heterocycles. The molecule has 0 spiro atoms. The zero-order valence-corrected chi connectivity index (χ0v) is 14.6. The van der Waals surface area contributed by atoms with Gasteiger partial charge in [0, 0.05) is 29.7 Å². The Hall–Kier alpha value is -3.72. The van der Waals surface area contributed by atoms with E-state index in [-0.39, 0.29) is 0 Å². The third-order valence-corrected chi connectivity index (χ3v) is 4.93. The molecular formula is C21H16N6. The number of fused-ring (bicyclic) bond motifs is 2. The molecular weight excluding hydrogens is 336 g/mol. The van der Waals surface area contributed by atoms with E-state index in [1.54, 1.807) is 0 Å². The summed E-state index contributed by atoms with van der Waals surface area (Å²) in [6.07, 6.45) is 0. The summed E-state index contributed by atoms with van der Waals surface area (Å²) in [6.45, 7) is 2.27. The third-order valence-electron chi connectivity index (χ3n) is 4.93. The molecule has 0 radical (unpaired) electrons. The van der Waals surface area contributed by atoms with E-state index >= 15 is 0 Å². The maximum absolute atomic E-state index is 9.35. The van der Waals surface area contributed by atoms with Crippen molar-refractivity contribution in [2.75, 3.05) is 11.4 Å². The first-order valence-corrected chi connectivity index (χ1v) is 8.86. The van der Waals surface area contributed by atoms with Crippen LogP contribution in [0.1, 0.15) is 11.5 Å². The highest BCUT2D eigenvalue weighted by Gasteiger charge is 2.23. The molecule has 0 N–H and O–H groups in total. The number of aromatic nitrogens is 4. The summed E-state index contributed by atoms with van der Waals surface area (Å²) in [5.41, 5.74) is 3.36. The van der Waals surface area contributed by atoms with Crippen LogP contribution in [0.4, 0.5) is 5.69 Å². The molecule has 0 unspecified atom stereocenters. The molecule has 0 fully saturated rings. The Bertz CT molecular complexity index is 1170. The highest BCUT2D eigenvalue weighted by molar-refractivity contribution is 5.92. The molecule has 0 atom stereocenters. The quantitative estimate of drug-likeness (QED) is 0.553. The van der Waals surface area contributed by atoms with Crippen LogP contribution < -0.4 is 4.90 Å². The predicted molar refractivity (Wildman–Crippen MR) is 103 cm³/mol. The third kappa shape index (κ3) is 2.61. The van der Waals surface area contributed by atoms with Gasteiger partial charge in [-0.2, -0.15) is 5.26 Å². The fraction of sp³-hybridized carbons (Fsp3) is 0.143. The van der Waals surface area contributed by atoms with Gasteiger partial charge < -0.3 is 9.47 Å². The summed E-state index contributed by atoms with van der Waals surface area (Å²) in [5.74, 6) is 1.84. The monoisotopic (exact) mass is 352 g/mol. The lowest BCUT2D eigenvalue weighted by molar-refractivity contribution is 0.565. The molecule has 0 saturated carbocycles. The fourth-order valence-electron chi connectivity index (χ4n) is 3.64. The van der Waals surface area contributed by atoms with Crippen LogP contribution in [0.5, 0.6) is 0 Å². The minimum atomic E-state index is 0.431. The summed E-state index contributed by atoms with van der Waals surface area (Å²) in [7, 11) is 0. The van der Waals surface area contributed by atoms with Crippen molar-refractivity contribution in [3.8, 4) is 17.5 Å². The molecule has 27 heavy (non-hydrogen) atoms. The van der Waals surface area contributed by atoms with Crippen LogP contribution in [0.25, 0.3) is 22.3 Å². The van der Waals surface area contributed by atoms with Gasteiger partial charge in [-0.25, -0.2) is 4.98 Å². The van der Waals surface area contributed by atoms with E-state index in [0.29, 0.717) is 12.2 Å². The highest BCUT2D eigenvalue weighted by atomic mass is 15.3. The van der Waals surface area contributed by atoms with E-state index in [2.05, 4.69) is 42.9 Å². The van der Waals surface area contributed by atoms with Gasteiger partial charge in [-0.15, -0.1) is 10.2 Å². The highest BCUT2D eigenvalue weighted by Crippen LogP contribution is 2.30. The second-order valence-electron chi connectivity index (χ2n) is 6.53. The summed E-state index contributed by atoms with van der Waals surface area (Å²) in [6, 6.07) is 22.1. The number of benzene rings is 2. The number of para-hydroxylation sites is 1. The second-order valence-corrected chi connectivity index (χ2v) is 6.53. The van der Waals surface area contributed by atoms with Crippen molar-refractivity contribution in [1.82, 2.24) is 19.7 Å². The zero-order chi connectivity index (χ0) is 18.2. The number of hydrogen-bond donors (Lipinski definition) is 0. The van der Waals surface area contributed by atoms with Gasteiger partial charge in [0.15, 0.2) is 11.6 Å². The Kier molecular flexibility index (Phi) is 3.58. The number of nitriles is 1. The molecule has 130 valence electrons. The number of nitrogens with zero attached hydrogens (tertiary/aromatic N) is 6. The van der Waals surface area contributed by atoms with E-state index in [9.17, 15) is 5.26 Å². The van der Waals surface area contributed by atoms with E-state index in [0.717, 1.165) is 46.9 Å². The van der Waals surface area contributed by atoms with Crippen molar-refractivity contribution in [3.63, 3.8) is 0 Å². The van der Waals surface area contributed by atoms with Crippen LogP contribution in [-0.4, -0.2) is 26.3 Å². The Balaban J connectivity index is 1.55. The van der Waals surface area contributed by atoms with Gasteiger partial charge in [0.1, 0.15) is 11.8 Å². The SMILES string of the molecule is N#Cc1cc(N2CCn3c(nnc3-c3ccccc3)C2)c2ccccc2n1. The molecule has 4 aromatic rings. The first-order valence-electron chi connectivity index (χ1n) is 8.86.